The van der Waals surface area contributed by atoms with Crippen LogP contribution in [0.25, 0.3) is 0 Å². The highest BCUT2D eigenvalue weighted by molar-refractivity contribution is 8.00. The van der Waals surface area contributed by atoms with Gasteiger partial charge in [0.05, 0.1) is 0 Å². The van der Waals surface area contributed by atoms with Crippen LogP contribution in [0, 0.1) is 0 Å². The van der Waals surface area contributed by atoms with E-state index in [-0.39, 0.29) is 4.13 Å². The summed E-state index contributed by atoms with van der Waals surface area (Å²) in [4.78, 5) is 0. The van der Waals surface area contributed by atoms with E-state index in [1.54, 1.807) is 0 Å². The van der Waals surface area contributed by atoms with Gasteiger partial charge in [-0.25, -0.2) is 0 Å². The Morgan fingerprint density at radius 2 is 0.941 bits per heavy atom. The van der Waals surface area contributed by atoms with E-state index in [4.69, 9.17) is 0 Å². The fraction of sp³-hybridized carbons (Fsp3) is 1.00. The van der Waals surface area contributed by atoms with Gasteiger partial charge in [0.25, 0.3) is 0 Å². The summed E-state index contributed by atoms with van der Waals surface area (Å²) in [5, 5.41) is 0. The first-order chi connectivity index (χ1) is 7.12. The molecular formula is C2HF6NO6S2. The van der Waals surface area contributed by atoms with Crippen LogP contribution in [-0.4, -0.2) is 29.6 Å². The average molecular weight is 313 g/mol. The third kappa shape index (κ3) is 9.10. The van der Waals surface area contributed by atoms with Crippen LogP contribution in [0.15, 0.2) is 0 Å². The monoisotopic (exact) mass is 313 g/mol. The molecule has 0 amide bonds. The standard InChI is InChI=1S/C2HF6NO6S2/c3-1(4,5)14-16(10,11)9-17(12,13)15-2(6,7)8/h9H. The number of hydrogen-bond acceptors (Lipinski definition) is 6. The number of rotatable bonds is 4. The van der Waals surface area contributed by atoms with E-state index in [1.807, 2.05) is 0 Å². The molecule has 7 nitrogen and oxygen atoms in total. The number of nitrogens with one attached hydrogen (secondary N) is 1. The Morgan fingerprint density at radius 1 is 0.706 bits per heavy atom. The van der Waals surface area contributed by atoms with Gasteiger partial charge in [0, 0.05) is 0 Å². The van der Waals surface area contributed by atoms with Crippen molar-refractivity contribution in [3.63, 3.8) is 0 Å². The molecule has 15 heteroatoms. The summed E-state index contributed by atoms with van der Waals surface area (Å²) in [5.41, 5.74) is 0. The second-order valence-electron chi connectivity index (χ2n) is 2.05. The molecule has 0 saturated carbocycles. The Kier molecular flexibility index (Phi) is 4.39. The molecule has 0 fully saturated rings. The molecule has 0 aliphatic heterocycles. The van der Waals surface area contributed by atoms with Crippen LogP contribution in [0.4, 0.5) is 26.3 Å². The minimum Gasteiger partial charge on any atom is -0.180 e. The van der Waals surface area contributed by atoms with Crippen molar-refractivity contribution in [2.75, 3.05) is 0 Å². The van der Waals surface area contributed by atoms with Crippen molar-refractivity contribution in [1.82, 2.24) is 4.13 Å². The lowest BCUT2D eigenvalue weighted by molar-refractivity contribution is -0.273. The first-order valence-corrected chi connectivity index (χ1v) is 5.77. The zero-order valence-electron chi connectivity index (χ0n) is 7.03. The molecule has 0 spiro atoms. The summed E-state index contributed by atoms with van der Waals surface area (Å²) < 4.78 is 114. The molecule has 1 N–H and O–H groups in total. The van der Waals surface area contributed by atoms with Crippen LogP contribution in [0.2, 0.25) is 0 Å². The molecule has 0 aromatic heterocycles. The molecule has 0 unspecified atom stereocenters. The maximum absolute atomic E-state index is 11.4. The molecule has 0 aromatic carbocycles. The zero-order valence-corrected chi connectivity index (χ0v) is 8.67. The van der Waals surface area contributed by atoms with Crippen molar-refractivity contribution in [2.24, 2.45) is 0 Å². The molecule has 0 heterocycles. The first-order valence-electron chi connectivity index (χ1n) is 2.95. The summed E-state index contributed by atoms with van der Waals surface area (Å²) in [7, 11) is -12.1. The van der Waals surface area contributed by atoms with Crippen molar-refractivity contribution < 1.29 is 51.5 Å². The lowest BCUT2D eigenvalue weighted by Crippen LogP contribution is -2.38. The predicted octanol–water partition coefficient (Wildman–Crippen LogP) is 0.138. The van der Waals surface area contributed by atoms with Crippen molar-refractivity contribution in [3.05, 3.63) is 0 Å². The van der Waals surface area contributed by atoms with Crippen molar-refractivity contribution in [3.8, 4) is 0 Å². The second kappa shape index (κ2) is 4.56. The van der Waals surface area contributed by atoms with E-state index in [2.05, 4.69) is 8.37 Å². The quantitative estimate of drug-likeness (QED) is 0.741. The smallest absolute Gasteiger partial charge is 0.180 e. The minimum absolute atomic E-state index is 0.0943. The fourth-order valence-electron chi connectivity index (χ4n) is 0.408. The summed E-state index contributed by atoms with van der Waals surface area (Å²) in [5.74, 6) is 0. The maximum atomic E-state index is 11.4. The van der Waals surface area contributed by atoms with Crippen molar-refractivity contribution in [2.45, 2.75) is 12.7 Å². The Morgan fingerprint density at radius 3 is 1.12 bits per heavy atom. The number of halogens is 6. The van der Waals surface area contributed by atoms with Gasteiger partial charge in [-0.3, -0.25) is 0 Å². The van der Waals surface area contributed by atoms with Gasteiger partial charge in [-0.05, 0) is 0 Å². The van der Waals surface area contributed by atoms with Crippen LogP contribution in [0.5, 0.6) is 0 Å². The van der Waals surface area contributed by atoms with Gasteiger partial charge in [-0.2, -0.15) is 25.2 Å². The summed E-state index contributed by atoms with van der Waals surface area (Å²) >= 11 is 0. The fourth-order valence-corrected chi connectivity index (χ4v) is 2.18. The topological polar surface area (TPSA) is 98.8 Å². The van der Waals surface area contributed by atoms with Crippen molar-refractivity contribution in [1.29, 1.82) is 0 Å². The molecule has 17 heavy (non-hydrogen) atoms. The van der Waals surface area contributed by atoms with E-state index >= 15 is 0 Å². The molecule has 0 aliphatic carbocycles. The van der Waals surface area contributed by atoms with E-state index in [1.165, 1.54) is 0 Å². The number of hydrogen-bond donors (Lipinski definition) is 1. The van der Waals surface area contributed by atoms with E-state index < -0.39 is 33.3 Å². The molecule has 0 saturated heterocycles. The largest absolute Gasteiger partial charge is 0.538 e. The lowest BCUT2D eigenvalue weighted by Gasteiger charge is -2.10. The van der Waals surface area contributed by atoms with Gasteiger partial charge in [0.2, 0.25) is 0 Å². The normalized spacial score (nSPS) is 14.9. The molecule has 0 rings (SSSR count). The third-order valence-electron chi connectivity index (χ3n) is 0.613. The van der Waals surface area contributed by atoms with E-state index in [0.29, 0.717) is 0 Å². The number of alkyl halides is 6. The van der Waals surface area contributed by atoms with E-state index in [9.17, 15) is 43.2 Å². The zero-order chi connectivity index (χ0) is 14.1. The van der Waals surface area contributed by atoms with Gasteiger partial charge in [-0.1, -0.05) is 4.13 Å². The maximum Gasteiger partial charge on any atom is 0.538 e. The Bertz CT molecular complexity index is 414. The van der Waals surface area contributed by atoms with Crippen LogP contribution < -0.4 is 4.13 Å². The van der Waals surface area contributed by atoms with Gasteiger partial charge < -0.3 is 0 Å². The van der Waals surface area contributed by atoms with Crippen LogP contribution in [0.3, 0.4) is 0 Å². The highest BCUT2D eigenvalue weighted by atomic mass is 32.3. The predicted molar refractivity (Wildman–Crippen MR) is 35.3 cm³/mol. The second-order valence-corrected chi connectivity index (χ2v) is 4.87. The Labute approximate surface area is 89.8 Å². The van der Waals surface area contributed by atoms with Crippen LogP contribution in [-0.2, 0) is 29.0 Å². The first kappa shape index (κ1) is 16.4. The van der Waals surface area contributed by atoms with Crippen LogP contribution in [0.1, 0.15) is 0 Å². The highest BCUT2D eigenvalue weighted by Gasteiger charge is 2.43. The van der Waals surface area contributed by atoms with Gasteiger partial charge in [0.15, 0.2) is 0 Å². The average Bonchev–Trinajstić information content (AvgIpc) is 1.65. The van der Waals surface area contributed by atoms with Crippen molar-refractivity contribution >= 4 is 20.6 Å². The molecule has 0 atom stereocenters. The highest BCUT2D eigenvalue weighted by Crippen LogP contribution is 2.21. The molecular weight excluding hydrogens is 312 g/mol. The summed E-state index contributed by atoms with van der Waals surface area (Å²) in [6, 6.07) is 0. The minimum atomic E-state index is -6.06. The summed E-state index contributed by atoms with van der Waals surface area (Å²) in [6.45, 7) is 0. The SMILES string of the molecule is O=S(=O)(NS(=O)(=O)OC(F)(F)F)OC(F)(F)F. The molecule has 0 bridgehead atoms. The third-order valence-corrected chi connectivity index (χ3v) is 3.06. The van der Waals surface area contributed by atoms with E-state index in [0.717, 1.165) is 0 Å². The lowest BCUT2D eigenvalue weighted by atomic mass is 11.4. The Hall–Kier alpha value is -0.640. The molecule has 0 radical (unpaired) electrons. The van der Waals surface area contributed by atoms with Gasteiger partial charge in [-0.15, -0.1) is 26.3 Å². The molecule has 0 aliphatic rings. The Balaban J connectivity index is 4.86. The molecule has 104 valence electrons. The van der Waals surface area contributed by atoms with Gasteiger partial charge in [0.1, 0.15) is 0 Å². The molecule has 0 aromatic rings. The van der Waals surface area contributed by atoms with Crippen LogP contribution >= 0.6 is 0 Å². The van der Waals surface area contributed by atoms with Gasteiger partial charge >= 0.3 is 33.3 Å². The summed E-state index contributed by atoms with van der Waals surface area (Å²) in [6.07, 6.45) is -11.6.